The molecule has 0 heterocycles. The molecule has 0 aromatic heterocycles. The van der Waals surface area contributed by atoms with Gasteiger partial charge in [0, 0.05) is 34.4 Å². The molecule has 4 nitrogen and oxygen atoms in total. The Morgan fingerprint density at radius 3 is 2.58 bits per heavy atom. The molecule has 2 N–H and O–H groups in total. The monoisotopic (exact) mass is 368 g/mol. The van der Waals surface area contributed by atoms with E-state index in [2.05, 4.69) is 48.7 Å². The lowest BCUT2D eigenvalue weighted by molar-refractivity contribution is -0.117. The minimum Gasteiger partial charge on any atom is -0.351 e. The van der Waals surface area contributed by atoms with Crippen molar-refractivity contribution in [2.75, 3.05) is 17.6 Å². The molecule has 1 fully saturated rings. The van der Waals surface area contributed by atoms with Gasteiger partial charge in [0.05, 0.1) is 0 Å². The molecule has 2 atom stereocenters. The maximum Gasteiger partial charge on any atom is 0.251 e. The first-order valence-corrected chi connectivity index (χ1v) is 9.90. The summed E-state index contributed by atoms with van der Waals surface area (Å²) in [6.45, 7) is 4.73. The van der Waals surface area contributed by atoms with Crippen molar-refractivity contribution in [3.05, 3.63) is 59.7 Å². The fraction of sp³-hybridized carbons (Fsp3) is 0.333. The highest BCUT2D eigenvalue weighted by Gasteiger charge is 2.39. The van der Waals surface area contributed by atoms with Gasteiger partial charge < -0.3 is 10.6 Å². The average molecular weight is 369 g/mol. The molecule has 5 heteroatoms. The Balaban J connectivity index is 1.46. The first-order valence-electron chi connectivity index (χ1n) is 8.91. The summed E-state index contributed by atoms with van der Waals surface area (Å²) < 4.78 is 0. The minimum absolute atomic E-state index is 0.0459. The van der Waals surface area contributed by atoms with Crippen LogP contribution in [-0.2, 0) is 4.79 Å². The van der Waals surface area contributed by atoms with Crippen molar-refractivity contribution in [2.45, 2.75) is 25.2 Å². The molecule has 26 heavy (non-hydrogen) atoms. The van der Waals surface area contributed by atoms with E-state index in [0.29, 0.717) is 23.7 Å². The molecule has 0 bridgehead atoms. The zero-order valence-electron chi connectivity index (χ0n) is 15.1. The molecule has 1 saturated carbocycles. The van der Waals surface area contributed by atoms with Crippen molar-refractivity contribution in [3.8, 4) is 0 Å². The normalized spacial score (nSPS) is 18.2. The fourth-order valence-corrected chi connectivity index (χ4v) is 3.50. The number of hydrogen-bond acceptors (Lipinski definition) is 3. The molecule has 2 aromatic carbocycles. The molecular formula is C21H24N2O2S. The highest BCUT2D eigenvalue weighted by atomic mass is 32.2. The SMILES string of the molecule is Cc1ccc(SCCNC(=O)c2cccc(NC(=O)C3CC3C)c2)cc1. The Kier molecular flexibility index (Phi) is 5.99. The number of amides is 2. The standard InChI is InChI=1S/C21H24N2O2S/c1-14-6-8-18(9-7-14)26-11-10-22-20(24)16-4-3-5-17(13-16)23-21(25)19-12-15(19)2/h3-9,13,15,19H,10-12H2,1-2H3,(H,22,24)(H,23,25). The van der Waals surface area contributed by atoms with Crippen LogP contribution in [0, 0.1) is 18.8 Å². The summed E-state index contributed by atoms with van der Waals surface area (Å²) in [5.41, 5.74) is 2.48. The van der Waals surface area contributed by atoms with E-state index >= 15 is 0 Å². The number of rotatable bonds is 7. The van der Waals surface area contributed by atoms with Crippen LogP contribution in [-0.4, -0.2) is 24.1 Å². The van der Waals surface area contributed by atoms with Crippen LogP contribution in [0.5, 0.6) is 0 Å². The first-order chi connectivity index (χ1) is 12.5. The third kappa shape index (κ3) is 5.11. The van der Waals surface area contributed by atoms with E-state index in [0.717, 1.165) is 12.2 Å². The summed E-state index contributed by atoms with van der Waals surface area (Å²) in [5, 5.41) is 5.83. The van der Waals surface area contributed by atoms with E-state index in [9.17, 15) is 9.59 Å². The van der Waals surface area contributed by atoms with Gasteiger partial charge in [0.1, 0.15) is 0 Å². The number of nitrogens with one attached hydrogen (secondary N) is 2. The molecule has 0 radical (unpaired) electrons. The molecule has 1 aliphatic carbocycles. The van der Waals surface area contributed by atoms with Gasteiger partial charge in [-0.2, -0.15) is 0 Å². The Bertz CT molecular complexity index is 789. The van der Waals surface area contributed by atoms with E-state index in [4.69, 9.17) is 0 Å². The van der Waals surface area contributed by atoms with Crippen molar-refractivity contribution >= 4 is 29.3 Å². The molecule has 2 amide bonds. The van der Waals surface area contributed by atoms with Gasteiger partial charge >= 0.3 is 0 Å². The third-order valence-corrected chi connectivity index (χ3v) is 5.53. The van der Waals surface area contributed by atoms with Crippen LogP contribution in [0.25, 0.3) is 0 Å². The number of benzene rings is 2. The van der Waals surface area contributed by atoms with Gasteiger partial charge in [0.15, 0.2) is 0 Å². The van der Waals surface area contributed by atoms with Crippen molar-refractivity contribution in [1.29, 1.82) is 0 Å². The fourth-order valence-electron chi connectivity index (χ4n) is 2.73. The van der Waals surface area contributed by atoms with Gasteiger partial charge in [-0.25, -0.2) is 0 Å². The van der Waals surface area contributed by atoms with Crippen LogP contribution in [0.1, 0.15) is 29.3 Å². The number of carbonyl (C=O) groups is 2. The molecular weight excluding hydrogens is 344 g/mol. The van der Waals surface area contributed by atoms with Crippen molar-refractivity contribution in [2.24, 2.45) is 11.8 Å². The third-order valence-electron chi connectivity index (χ3n) is 4.52. The van der Waals surface area contributed by atoms with Crippen LogP contribution in [0.3, 0.4) is 0 Å². The molecule has 0 aliphatic heterocycles. The quantitative estimate of drug-likeness (QED) is 0.571. The highest BCUT2D eigenvalue weighted by Crippen LogP contribution is 2.38. The van der Waals surface area contributed by atoms with Gasteiger partial charge in [0.2, 0.25) is 5.91 Å². The first kappa shape index (κ1) is 18.5. The van der Waals surface area contributed by atoms with Gasteiger partial charge in [-0.3, -0.25) is 9.59 Å². The van der Waals surface area contributed by atoms with Crippen LogP contribution < -0.4 is 10.6 Å². The maximum absolute atomic E-state index is 12.3. The summed E-state index contributed by atoms with van der Waals surface area (Å²) >= 11 is 1.72. The molecule has 2 unspecified atom stereocenters. The molecule has 0 saturated heterocycles. The number of hydrogen-bond donors (Lipinski definition) is 2. The zero-order chi connectivity index (χ0) is 18.5. The Hall–Kier alpha value is -2.27. The lowest BCUT2D eigenvalue weighted by atomic mass is 10.2. The average Bonchev–Trinajstić information content (AvgIpc) is 3.37. The van der Waals surface area contributed by atoms with E-state index in [1.54, 1.807) is 30.0 Å². The van der Waals surface area contributed by atoms with Crippen LogP contribution in [0.15, 0.2) is 53.4 Å². The van der Waals surface area contributed by atoms with Gasteiger partial charge in [-0.1, -0.05) is 30.7 Å². The van der Waals surface area contributed by atoms with Crippen molar-refractivity contribution in [3.63, 3.8) is 0 Å². The highest BCUT2D eigenvalue weighted by molar-refractivity contribution is 7.99. The topological polar surface area (TPSA) is 58.2 Å². The Morgan fingerprint density at radius 1 is 1.15 bits per heavy atom. The molecule has 2 aromatic rings. The van der Waals surface area contributed by atoms with Gasteiger partial charge in [-0.15, -0.1) is 11.8 Å². The second-order valence-electron chi connectivity index (χ2n) is 6.81. The van der Waals surface area contributed by atoms with Gasteiger partial charge in [0.25, 0.3) is 5.91 Å². The molecule has 136 valence electrons. The van der Waals surface area contributed by atoms with E-state index < -0.39 is 0 Å². The largest absolute Gasteiger partial charge is 0.351 e. The summed E-state index contributed by atoms with van der Waals surface area (Å²) in [4.78, 5) is 25.5. The number of aryl methyl sites for hydroxylation is 1. The van der Waals surface area contributed by atoms with E-state index in [1.165, 1.54) is 10.5 Å². The minimum atomic E-state index is -0.120. The second kappa shape index (κ2) is 8.41. The van der Waals surface area contributed by atoms with E-state index in [-0.39, 0.29) is 17.7 Å². The second-order valence-corrected chi connectivity index (χ2v) is 7.98. The van der Waals surface area contributed by atoms with Crippen LogP contribution in [0.2, 0.25) is 0 Å². The number of carbonyl (C=O) groups excluding carboxylic acids is 2. The Morgan fingerprint density at radius 2 is 1.88 bits per heavy atom. The molecule has 1 aliphatic rings. The number of thioether (sulfide) groups is 1. The number of anilines is 1. The van der Waals surface area contributed by atoms with Gasteiger partial charge in [-0.05, 0) is 49.6 Å². The lowest BCUT2D eigenvalue weighted by Crippen LogP contribution is -2.26. The van der Waals surface area contributed by atoms with Crippen LogP contribution in [0.4, 0.5) is 5.69 Å². The summed E-state index contributed by atoms with van der Waals surface area (Å²) in [5.74, 6) is 1.32. The summed E-state index contributed by atoms with van der Waals surface area (Å²) in [6, 6.07) is 15.5. The molecule has 0 spiro atoms. The lowest BCUT2D eigenvalue weighted by Gasteiger charge is -2.08. The molecule has 3 rings (SSSR count). The predicted octanol–water partition coefficient (Wildman–Crippen LogP) is 4.11. The smallest absolute Gasteiger partial charge is 0.251 e. The Labute approximate surface area is 158 Å². The zero-order valence-corrected chi connectivity index (χ0v) is 15.9. The van der Waals surface area contributed by atoms with Crippen molar-refractivity contribution < 1.29 is 9.59 Å². The van der Waals surface area contributed by atoms with Crippen LogP contribution >= 0.6 is 11.8 Å². The maximum atomic E-state index is 12.3. The van der Waals surface area contributed by atoms with E-state index in [1.807, 2.05) is 6.07 Å². The summed E-state index contributed by atoms with van der Waals surface area (Å²) in [6.07, 6.45) is 0.949. The predicted molar refractivity (Wildman–Crippen MR) is 107 cm³/mol. The van der Waals surface area contributed by atoms with Crippen molar-refractivity contribution in [1.82, 2.24) is 5.32 Å². The summed E-state index contributed by atoms with van der Waals surface area (Å²) in [7, 11) is 0.